The van der Waals surface area contributed by atoms with E-state index in [9.17, 15) is 0 Å². The number of nitrogens with two attached hydrogens (primary N) is 1. The van der Waals surface area contributed by atoms with Crippen LogP contribution in [0.2, 0.25) is 0 Å². The van der Waals surface area contributed by atoms with Crippen LogP contribution in [-0.4, -0.2) is 25.6 Å². The zero-order valence-electron chi connectivity index (χ0n) is 10.9. The molecule has 0 saturated heterocycles. The second-order valence-electron chi connectivity index (χ2n) is 4.41. The largest absolute Gasteiger partial charge is 0.409 e. The summed E-state index contributed by atoms with van der Waals surface area (Å²) in [6, 6.07) is 9.76. The molecule has 0 unspecified atom stereocenters. The quantitative estimate of drug-likeness (QED) is 0.321. The first kappa shape index (κ1) is 12.2. The normalized spacial score (nSPS) is 11.9. The fraction of sp³-hybridized carbons (Fsp3) is 0.0714. The molecule has 2 aromatic heterocycles. The molecule has 2 heterocycles. The first-order valence-electron chi connectivity index (χ1n) is 6.08. The Hall–Kier alpha value is -2.89. The van der Waals surface area contributed by atoms with Crippen LogP contribution in [0.15, 0.2) is 47.9 Å². The molecule has 3 N–H and O–H groups in total. The van der Waals surface area contributed by atoms with Crippen LogP contribution in [0.5, 0.6) is 0 Å². The summed E-state index contributed by atoms with van der Waals surface area (Å²) < 4.78 is 1.78. The lowest BCUT2D eigenvalue weighted by molar-refractivity contribution is 0.318. The van der Waals surface area contributed by atoms with Crippen molar-refractivity contribution in [3.05, 3.63) is 54.2 Å². The number of imidazole rings is 1. The molecule has 0 aliphatic heterocycles. The van der Waals surface area contributed by atoms with E-state index in [-0.39, 0.29) is 5.84 Å². The second-order valence-corrected chi connectivity index (χ2v) is 4.41. The van der Waals surface area contributed by atoms with Crippen LogP contribution >= 0.6 is 0 Å². The third-order valence-electron chi connectivity index (χ3n) is 3.06. The van der Waals surface area contributed by atoms with Gasteiger partial charge < -0.3 is 10.9 Å². The molecule has 0 spiro atoms. The molecular formula is C14H13N5O. The van der Waals surface area contributed by atoms with Crippen LogP contribution in [0.25, 0.3) is 16.6 Å². The van der Waals surface area contributed by atoms with Crippen molar-refractivity contribution in [2.75, 3.05) is 0 Å². The Balaban J connectivity index is 2.33. The van der Waals surface area contributed by atoms with Crippen molar-refractivity contribution in [3.8, 4) is 5.69 Å². The minimum atomic E-state index is -0.0338. The van der Waals surface area contributed by atoms with Crippen molar-refractivity contribution in [1.82, 2.24) is 14.5 Å². The van der Waals surface area contributed by atoms with E-state index in [4.69, 9.17) is 10.9 Å². The highest BCUT2D eigenvalue weighted by Gasteiger charge is 2.12. The average molecular weight is 267 g/mol. The maximum Gasteiger partial charge on any atom is 0.206 e. The average Bonchev–Trinajstić information content (AvgIpc) is 2.94. The lowest BCUT2D eigenvalue weighted by Gasteiger charge is -2.11. The second kappa shape index (κ2) is 4.65. The molecule has 0 radical (unpaired) electrons. The fourth-order valence-corrected chi connectivity index (χ4v) is 2.22. The number of para-hydroxylation sites is 1. The van der Waals surface area contributed by atoms with Gasteiger partial charge in [0.25, 0.3) is 0 Å². The standard InChI is InChI=1S/C14H13N5O/c1-9-8-12(10-4-2-3-5-11(10)17-9)19-7-6-16-14(19)13(15)18-20/h2-8,20H,1H3,(H2,15,18). The molecule has 1 aromatic carbocycles. The van der Waals surface area contributed by atoms with Crippen LogP contribution in [0.3, 0.4) is 0 Å². The Morgan fingerprint density at radius 2 is 2.15 bits per heavy atom. The highest BCUT2D eigenvalue weighted by molar-refractivity contribution is 5.96. The molecule has 0 saturated carbocycles. The van der Waals surface area contributed by atoms with E-state index in [1.165, 1.54) is 0 Å². The van der Waals surface area contributed by atoms with Gasteiger partial charge in [0.05, 0.1) is 11.2 Å². The van der Waals surface area contributed by atoms with Gasteiger partial charge in [-0.3, -0.25) is 9.55 Å². The zero-order chi connectivity index (χ0) is 14.1. The van der Waals surface area contributed by atoms with Crippen molar-refractivity contribution in [3.63, 3.8) is 0 Å². The van der Waals surface area contributed by atoms with Gasteiger partial charge in [0.2, 0.25) is 5.84 Å². The van der Waals surface area contributed by atoms with Gasteiger partial charge in [0, 0.05) is 23.5 Å². The first-order valence-corrected chi connectivity index (χ1v) is 6.08. The predicted molar refractivity (Wildman–Crippen MR) is 76.1 cm³/mol. The number of amidine groups is 1. The van der Waals surface area contributed by atoms with Gasteiger partial charge in [-0.2, -0.15) is 0 Å². The lowest BCUT2D eigenvalue weighted by Crippen LogP contribution is -2.19. The van der Waals surface area contributed by atoms with E-state index in [1.807, 2.05) is 37.3 Å². The Morgan fingerprint density at radius 3 is 2.95 bits per heavy atom. The van der Waals surface area contributed by atoms with E-state index >= 15 is 0 Å². The number of aryl methyl sites for hydroxylation is 1. The number of oxime groups is 1. The Bertz CT molecular complexity index is 806. The molecule has 0 aliphatic rings. The molecule has 0 amide bonds. The molecule has 20 heavy (non-hydrogen) atoms. The van der Waals surface area contributed by atoms with E-state index in [2.05, 4.69) is 15.1 Å². The van der Waals surface area contributed by atoms with Gasteiger partial charge in [-0.15, -0.1) is 0 Å². The van der Waals surface area contributed by atoms with E-state index < -0.39 is 0 Å². The molecule has 6 heteroatoms. The number of pyridine rings is 1. The molecule has 0 aliphatic carbocycles. The summed E-state index contributed by atoms with van der Waals surface area (Å²) in [4.78, 5) is 8.62. The number of nitrogens with zero attached hydrogens (tertiary/aromatic N) is 4. The molecule has 0 atom stereocenters. The number of fused-ring (bicyclic) bond motifs is 1. The van der Waals surface area contributed by atoms with Crippen LogP contribution in [0.4, 0.5) is 0 Å². The summed E-state index contributed by atoms with van der Waals surface area (Å²) in [6.45, 7) is 1.93. The maximum atomic E-state index is 8.84. The Morgan fingerprint density at radius 1 is 1.35 bits per heavy atom. The molecule has 3 aromatic rings. The first-order chi connectivity index (χ1) is 9.70. The van der Waals surface area contributed by atoms with Gasteiger partial charge in [-0.05, 0) is 19.1 Å². The van der Waals surface area contributed by atoms with Crippen LogP contribution in [-0.2, 0) is 0 Å². The van der Waals surface area contributed by atoms with Crippen LogP contribution in [0.1, 0.15) is 11.5 Å². The predicted octanol–water partition coefficient (Wildman–Crippen LogP) is 1.82. The highest BCUT2D eigenvalue weighted by Crippen LogP contribution is 2.22. The third-order valence-corrected chi connectivity index (χ3v) is 3.06. The van der Waals surface area contributed by atoms with Crippen molar-refractivity contribution in [2.24, 2.45) is 10.9 Å². The van der Waals surface area contributed by atoms with Crippen LogP contribution < -0.4 is 5.73 Å². The summed E-state index contributed by atoms with van der Waals surface area (Å²) in [6.07, 6.45) is 3.38. The van der Waals surface area contributed by atoms with E-state index in [0.717, 1.165) is 22.3 Å². The Kier molecular flexibility index (Phi) is 2.83. The van der Waals surface area contributed by atoms with Gasteiger partial charge >= 0.3 is 0 Å². The van der Waals surface area contributed by atoms with E-state index in [1.54, 1.807) is 17.0 Å². The topological polar surface area (TPSA) is 89.3 Å². The molecule has 0 fully saturated rings. The summed E-state index contributed by atoms with van der Waals surface area (Å²) >= 11 is 0. The molecule has 0 bridgehead atoms. The number of hydrogen-bond donors (Lipinski definition) is 2. The smallest absolute Gasteiger partial charge is 0.206 e. The zero-order valence-corrected chi connectivity index (χ0v) is 10.9. The molecule has 100 valence electrons. The fourth-order valence-electron chi connectivity index (χ4n) is 2.22. The Labute approximate surface area is 115 Å². The molecule has 6 nitrogen and oxygen atoms in total. The van der Waals surface area contributed by atoms with Crippen molar-refractivity contribution < 1.29 is 5.21 Å². The minimum Gasteiger partial charge on any atom is -0.409 e. The molecule has 3 rings (SSSR count). The minimum absolute atomic E-state index is 0.0338. The number of aromatic nitrogens is 3. The SMILES string of the molecule is Cc1cc(-n2ccnc2/C(N)=N/O)c2ccccc2n1. The highest BCUT2D eigenvalue weighted by atomic mass is 16.4. The van der Waals surface area contributed by atoms with Gasteiger partial charge in [0.1, 0.15) is 0 Å². The van der Waals surface area contributed by atoms with E-state index in [0.29, 0.717) is 5.82 Å². The maximum absolute atomic E-state index is 8.84. The summed E-state index contributed by atoms with van der Waals surface area (Å²) in [5.41, 5.74) is 8.33. The lowest BCUT2D eigenvalue weighted by atomic mass is 10.1. The van der Waals surface area contributed by atoms with Crippen molar-refractivity contribution >= 4 is 16.7 Å². The summed E-state index contributed by atoms with van der Waals surface area (Å²) in [7, 11) is 0. The van der Waals surface area contributed by atoms with Crippen molar-refractivity contribution in [2.45, 2.75) is 6.92 Å². The number of benzene rings is 1. The number of hydrogen-bond acceptors (Lipinski definition) is 4. The number of rotatable bonds is 2. The van der Waals surface area contributed by atoms with Crippen LogP contribution in [0, 0.1) is 6.92 Å². The van der Waals surface area contributed by atoms with Gasteiger partial charge in [-0.1, -0.05) is 23.4 Å². The van der Waals surface area contributed by atoms with Gasteiger partial charge in [-0.25, -0.2) is 4.98 Å². The molecular weight excluding hydrogens is 254 g/mol. The third kappa shape index (κ3) is 1.87. The summed E-state index contributed by atoms with van der Waals surface area (Å²) in [5, 5.41) is 12.8. The summed E-state index contributed by atoms with van der Waals surface area (Å²) in [5.74, 6) is 0.358. The monoisotopic (exact) mass is 267 g/mol. The van der Waals surface area contributed by atoms with Crippen molar-refractivity contribution in [1.29, 1.82) is 0 Å². The van der Waals surface area contributed by atoms with Gasteiger partial charge in [0.15, 0.2) is 5.82 Å².